The molecule has 19 heteroatoms. The predicted molar refractivity (Wildman–Crippen MR) is 399 cm³/mol. The Hall–Kier alpha value is -4.02. The van der Waals surface area contributed by atoms with Gasteiger partial charge in [-0.2, -0.15) is 0 Å². The second kappa shape index (κ2) is 71.4. The topological polar surface area (TPSA) is 237 Å². The fourth-order valence-electron chi connectivity index (χ4n) is 10.1. The Balaban J connectivity index is 5.38. The maximum atomic E-state index is 13.1. The molecule has 5 atom stereocenters. The van der Waals surface area contributed by atoms with E-state index in [4.69, 9.17) is 37.0 Å². The summed E-state index contributed by atoms with van der Waals surface area (Å²) in [4.78, 5) is 72.8. The zero-order chi connectivity index (χ0) is 71.8. The number of allylic oxidation sites excluding steroid dienone is 16. The number of unbranched alkanes of at least 4 members (excludes halogenated alkanes) is 30. The van der Waals surface area contributed by atoms with Crippen LogP contribution in [0.25, 0.3) is 0 Å². The average molecular weight is 1420 g/mol. The summed E-state index contributed by atoms with van der Waals surface area (Å²) in [6.45, 7) is 4.68. The first-order valence-corrected chi connectivity index (χ1v) is 41.5. The third-order valence-electron chi connectivity index (χ3n) is 16.0. The molecule has 0 aromatic heterocycles. The molecule has 0 heterocycles. The van der Waals surface area contributed by atoms with Gasteiger partial charge in [-0.15, -0.1) is 0 Å². The molecule has 0 radical (unpaired) electrons. The van der Waals surface area contributed by atoms with Gasteiger partial charge in [-0.05, 0) is 148 Å². The van der Waals surface area contributed by atoms with E-state index < -0.39 is 97.5 Å². The van der Waals surface area contributed by atoms with Crippen molar-refractivity contribution >= 4 is 39.5 Å². The van der Waals surface area contributed by atoms with Crippen LogP contribution in [0.4, 0.5) is 0 Å². The lowest BCUT2D eigenvalue weighted by atomic mass is 10.1. The second-order valence-electron chi connectivity index (χ2n) is 25.6. The van der Waals surface area contributed by atoms with Gasteiger partial charge in [-0.25, -0.2) is 9.13 Å². The summed E-state index contributed by atoms with van der Waals surface area (Å²) >= 11 is 0. The van der Waals surface area contributed by atoms with Crippen molar-refractivity contribution < 1.29 is 80.2 Å². The first-order valence-electron chi connectivity index (χ1n) is 38.5. The van der Waals surface area contributed by atoms with Crippen molar-refractivity contribution in [3.05, 3.63) is 97.2 Å². The van der Waals surface area contributed by atoms with E-state index >= 15 is 0 Å². The zero-order valence-corrected chi connectivity index (χ0v) is 63.5. The van der Waals surface area contributed by atoms with Gasteiger partial charge in [0.05, 0.1) is 26.4 Å². The summed E-state index contributed by atoms with van der Waals surface area (Å²) in [5, 5.41) is 10.6. The molecule has 17 nitrogen and oxygen atoms in total. The molecule has 0 rings (SSSR count). The largest absolute Gasteiger partial charge is 0.472 e. The SMILES string of the molecule is CCC/C=C\C/C=C\CCCCCCCC(=O)O[C@H](COC(=O)CCCCCCC/C=C/C/C=C/CCCCC)COP(=O)(O)OC[C@H](O)COP(=O)(O)OC[C@@H](COC(=O)CCCCCCC/C=C/C/C=C\CCCCC)OC(=O)CCCCCCC/C=C/C/C=C/CCCCC. The van der Waals surface area contributed by atoms with Gasteiger partial charge >= 0.3 is 39.5 Å². The molecule has 0 saturated carbocycles. The number of carbonyl (C=O) groups excluding carboxylic acids is 4. The van der Waals surface area contributed by atoms with Gasteiger partial charge in [-0.3, -0.25) is 37.3 Å². The molecular weight excluding hydrogens is 1280 g/mol. The van der Waals surface area contributed by atoms with E-state index in [-0.39, 0.29) is 25.7 Å². The third kappa shape index (κ3) is 70.4. The molecule has 0 saturated heterocycles. The number of hydrogen-bond donors (Lipinski definition) is 3. The summed E-state index contributed by atoms with van der Waals surface area (Å²) in [6.07, 6.45) is 73.9. The van der Waals surface area contributed by atoms with Crippen molar-refractivity contribution in [2.75, 3.05) is 39.6 Å². The maximum absolute atomic E-state index is 13.1. The van der Waals surface area contributed by atoms with Crippen LogP contribution in [0, 0.1) is 0 Å². The molecule has 0 aliphatic rings. The minimum Gasteiger partial charge on any atom is -0.462 e. The Kier molecular flexibility index (Phi) is 68.4. The van der Waals surface area contributed by atoms with Crippen molar-refractivity contribution in [2.24, 2.45) is 0 Å². The third-order valence-corrected chi connectivity index (χ3v) is 17.9. The van der Waals surface area contributed by atoms with Crippen LogP contribution in [0.3, 0.4) is 0 Å². The smallest absolute Gasteiger partial charge is 0.462 e. The van der Waals surface area contributed by atoms with Gasteiger partial charge in [0, 0.05) is 25.7 Å². The van der Waals surface area contributed by atoms with Crippen molar-refractivity contribution in [1.82, 2.24) is 0 Å². The monoisotopic (exact) mass is 1420 g/mol. The molecule has 0 bridgehead atoms. The van der Waals surface area contributed by atoms with Crippen LogP contribution in [-0.2, 0) is 65.4 Å². The predicted octanol–water partition coefficient (Wildman–Crippen LogP) is 22.0. The number of phosphoric acid groups is 2. The molecule has 0 spiro atoms. The van der Waals surface area contributed by atoms with Crippen LogP contribution >= 0.6 is 15.6 Å². The first-order chi connectivity index (χ1) is 47.7. The summed E-state index contributed by atoms with van der Waals surface area (Å²) in [5.41, 5.74) is 0. The molecule has 0 aliphatic heterocycles. The first kappa shape index (κ1) is 94.0. The lowest BCUT2D eigenvalue weighted by molar-refractivity contribution is -0.161. The Morgan fingerprint density at radius 1 is 0.286 bits per heavy atom. The van der Waals surface area contributed by atoms with E-state index in [1.807, 2.05) is 0 Å². The molecule has 98 heavy (non-hydrogen) atoms. The molecule has 0 aromatic rings. The summed E-state index contributed by atoms with van der Waals surface area (Å²) in [6, 6.07) is 0. The molecule has 0 amide bonds. The van der Waals surface area contributed by atoms with E-state index in [9.17, 15) is 43.2 Å². The van der Waals surface area contributed by atoms with Gasteiger partial charge in [0.1, 0.15) is 19.3 Å². The molecule has 0 aliphatic carbocycles. The Morgan fingerprint density at radius 3 is 0.796 bits per heavy atom. The van der Waals surface area contributed by atoms with Gasteiger partial charge in [0.2, 0.25) is 0 Å². The van der Waals surface area contributed by atoms with Crippen LogP contribution in [0.2, 0.25) is 0 Å². The molecule has 0 fully saturated rings. The van der Waals surface area contributed by atoms with Gasteiger partial charge < -0.3 is 33.8 Å². The highest BCUT2D eigenvalue weighted by molar-refractivity contribution is 7.47. The van der Waals surface area contributed by atoms with Crippen molar-refractivity contribution in [1.29, 1.82) is 0 Å². The quantitative estimate of drug-likeness (QED) is 0.0169. The summed E-state index contributed by atoms with van der Waals surface area (Å²) in [5.74, 6) is -2.23. The maximum Gasteiger partial charge on any atom is 0.472 e. The molecular formula is C79H138O17P2. The minimum atomic E-state index is -4.98. The van der Waals surface area contributed by atoms with Gasteiger partial charge in [0.25, 0.3) is 0 Å². The van der Waals surface area contributed by atoms with E-state index in [2.05, 4.69) is 125 Å². The number of hydrogen-bond acceptors (Lipinski definition) is 15. The van der Waals surface area contributed by atoms with Crippen LogP contribution < -0.4 is 0 Å². The van der Waals surface area contributed by atoms with E-state index in [1.165, 1.54) is 57.8 Å². The standard InChI is InChI=1S/C79H138O17P2/c1-5-9-13-17-21-25-29-33-36-40-43-47-51-55-59-63-76(81)89-69-74(95-78(83)65-61-57-53-49-45-39-32-28-24-20-16-12-8-4)71-93-97(85,86)91-67-73(80)68-92-98(87,88)94-72-75(96-79(84)66-62-58-54-50-46-42-38-35-31-27-23-19-15-11-7-3)70-90-77(82)64-60-56-52-48-44-41-37-34-30-26-22-18-14-10-6-2/h16,20-23,25-28,32-38,73-75,80H,5-15,17-19,24,29-31,39-72H2,1-4H3,(H,85,86)(H,87,88)/b20-16-,25-21+,26-22-,27-23+,32-28-,36-33+,37-34+,38-35+/t73-,74+,75+/m0/s1. The van der Waals surface area contributed by atoms with Crippen molar-refractivity contribution in [2.45, 2.75) is 341 Å². The van der Waals surface area contributed by atoms with Crippen LogP contribution in [0.1, 0.15) is 323 Å². The Labute approximate surface area is 595 Å². The highest BCUT2D eigenvalue weighted by Crippen LogP contribution is 2.45. The molecule has 566 valence electrons. The van der Waals surface area contributed by atoms with Crippen molar-refractivity contribution in [3.63, 3.8) is 0 Å². The number of aliphatic hydroxyl groups is 1. The van der Waals surface area contributed by atoms with E-state index in [1.54, 1.807) is 0 Å². The average Bonchev–Trinajstić information content (AvgIpc) is 1.07. The Bertz CT molecular complexity index is 2240. The van der Waals surface area contributed by atoms with E-state index in [0.717, 1.165) is 186 Å². The number of aliphatic hydroxyl groups excluding tert-OH is 1. The van der Waals surface area contributed by atoms with Crippen LogP contribution in [0.15, 0.2) is 97.2 Å². The van der Waals surface area contributed by atoms with Crippen LogP contribution in [-0.4, -0.2) is 96.7 Å². The highest BCUT2D eigenvalue weighted by atomic mass is 31.2. The summed E-state index contributed by atoms with van der Waals surface area (Å²) < 4.78 is 68.4. The summed E-state index contributed by atoms with van der Waals surface area (Å²) in [7, 11) is -9.96. The number of phosphoric ester groups is 2. The number of rotatable bonds is 72. The van der Waals surface area contributed by atoms with E-state index in [0.29, 0.717) is 25.7 Å². The highest BCUT2D eigenvalue weighted by Gasteiger charge is 2.30. The van der Waals surface area contributed by atoms with Crippen molar-refractivity contribution in [3.8, 4) is 0 Å². The molecule has 2 unspecified atom stereocenters. The Morgan fingerprint density at radius 2 is 0.520 bits per heavy atom. The zero-order valence-electron chi connectivity index (χ0n) is 61.7. The van der Waals surface area contributed by atoms with Gasteiger partial charge in [0.15, 0.2) is 12.2 Å². The lowest BCUT2D eigenvalue weighted by Crippen LogP contribution is -2.30. The number of esters is 4. The van der Waals surface area contributed by atoms with Gasteiger partial charge in [-0.1, -0.05) is 247 Å². The number of ether oxygens (including phenoxy) is 4. The fraction of sp³-hybridized carbons (Fsp3) is 0.747. The van der Waals surface area contributed by atoms with Crippen LogP contribution in [0.5, 0.6) is 0 Å². The second-order valence-corrected chi connectivity index (χ2v) is 28.5. The molecule has 0 aromatic carbocycles. The normalized spacial score (nSPS) is 14.5. The molecule has 3 N–H and O–H groups in total. The lowest BCUT2D eigenvalue weighted by Gasteiger charge is -2.21. The fourth-order valence-corrected chi connectivity index (χ4v) is 11.6. The number of carbonyl (C=O) groups is 4. The minimum absolute atomic E-state index is 0.0752.